The lowest BCUT2D eigenvalue weighted by atomic mass is 10.1. The van der Waals surface area contributed by atoms with Crippen LogP contribution >= 0.6 is 11.6 Å². The number of aryl methyl sites for hydroxylation is 2. The van der Waals surface area contributed by atoms with E-state index in [-0.39, 0.29) is 0 Å². The minimum atomic E-state index is 0.748. The molecule has 0 spiro atoms. The Hall–Kier alpha value is -3.83. The molecule has 0 amide bonds. The van der Waals surface area contributed by atoms with Gasteiger partial charge in [0.1, 0.15) is 12.1 Å². The molecule has 0 unspecified atom stereocenters. The maximum Gasteiger partial charge on any atom is 0.150 e. The first kappa shape index (κ1) is 23.6. The van der Waals surface area contributed by atoms with E-state index in [1.54, 1.807) is 6.33 Å². The van der Waals surface area contributed by atoms with E-state index in [1.807, 2.05) is 19.1 Å². The van der Waals surface area contributed by atoms with Crippen LogP contribution in [0.15, 0.2) is 79.3 Å². The molecule has 37 heavy (non-hydrogen) atoms. The van der Waals surface area contributed by atoms with E-state index in [0.29, 0.717) is 0 Å². The number of halogens is 1. The molecule has 5 aromatic rings. The van der Waals surface area contributed by atoms with E-state index in [9.17, 15) is 0 Å². The zero-order valence-corrected chi connectivity index (χ0v) is 22.2. The zero-order chi connectivity index (χ0) is 25.5. The normalized spacial score (nSPS) is 13.9. The Balaban J connectivity index is 1.43. The van der Waals surface area contributed by atoms with Crippen LogP contribution in [-0.2, 0) is 0 Å². The van der Waals surface area contributed by atoms with Crippen molar-refractivity contribution in [2.75, 3.05) is 36.0 Å². The molecule has 0 bridgehead atoms. The molecule has 6 rings (SSSR count). The predicted octanol–water partition coefficient (Wildman–Crippen LogP) is 6.99. The second-order valence-electron chi connectivity index (χ2n) is 9.80. The van der Waals surface area contributed by atoms with Gasteiger partial charge in [-0.1, -0.05) is 60.1 Å². The number of rotatable bonds is 4. The average Bonchev–Trinajstić information content (AvgIpc) is 3.32. The summed E-state index contributed by atoms with van der Waals surface area (Å²) >= 11 is 6.52. The van der Waals surface area contributed by atoms with E-state index in [4.69, 9.17) is 21.6 Å². The summed E-state index contributed by atoms with van der Waals surface area (Å²) < 4.78 is 2.14. The Morgan fingerprint density at radius 1 is 0.757 bits per heavy atom. The largest absolute Gasteiger partial charge is 0.368 e. The first-order valence-electron chi connectivity index (χ1n) is 12.8. The minimum absolute atomic E-state index is 0.748. The van der Waals surface area contributed by atoms with Gasteiger partial charge in [-0.25, -0.2) is 9.97 Å². The van der Waals surface area contributed by atoms with Crippen LogP contribution in [0, 0.1) is 20.8 Å². The Bertz CT molecular complexity index is 1580. The molecule has 5 nitrogen and oxygen atoms in total. The van der Waals surface area contributed by atoms with Crippen LogP contribution < -0.4 is 9.80 Å². The third-order valence-electron chi connectivity index (χ3n) is 7.58. The van der Waals surface area contributed by atoms with Crippen molar-refractivity contribution in [3.8, 4) is 16.8 Å². The summed E-state index contributed by atoms with van der Waals surface area (Å²) in [5.41, 5.74) is 9.24. The van der Waals surface area contributed by atoms with Crippen molar-refractivity contribution in [1.29, 1.82) is 0 Å². The predicted molar refractivity (Wildman–Crippen MR) is 154 cm³/mol. The molecule has 0 N–H and O–H groups in total. The van der Waals surface area contributed by atoms with Crippen LogP contribution in [0.5, 0.6) is 0 Å². The van der Waals surface area contributed by atoms with Gasteiger partial charge in [0.25, 0.3) is 0 Å². The van der Waals surface area contributed by atoms with Gasteiger partial charge in [-0.15, -0.1) is 0 Å². The molecule has 0 aliphatic carbocycles. The van der Waals surface area contributed by atoms with Crippen molar-refractivity contribution in [3.05, 3.63) is 101 Å². The number of hydrogen-bond acceptors (Lipinski definition) is 4. The number of fused-ring (bicyclic) bond motifs is 1. The van der Waals surface area contributed by atoms with Crippen LogP contribution in [-0.4, -0.2) is 40.7 Å². The summed E-state index contributed by atoms with van der Waals surface area (Å²) in [7, 11) is 0. The van der Waals surface area contributed by atoms with Crippen LogP contribution in [0.25, 0.3) is 27.8 Å². The average molecular weight is 508 g/mol. The molecule has 0 radical (unpaired) electrons. The number of anilines is 2. The molecular formula is C31H30ClN5. The molecule has 3 aromatic carbocycles. The van der Waals surface area contributed by atoms with Crippen molar-refractivity contribution >= 4 is 34.1 Å². The van der Waals surface area contributed by atoms with Crippen LogP contribution in [0.4, 0.5) is 11.5 Å². The minimum Gasteiger partial charge on any atom is -0.368 e. The van der Waals surface area contributed by atoms with Crippen molar-refractivity contribution in [3.63, 3.8) is 0 Å². The van der Waals surface area contributed by atoms with Gasteiger partial charge in [-0.3, -0.25) is 0 Å². The fourth-order valence-corrected chi connectivity index (χ4v) is 5.46. The van der Waals surface area contributed by atoms with Crippen molar-refractivity contribution in [2.24, 2.45) is 0 Å². The van der Waals surface area contributed by atoms with Gasteiger partial charge in [0.2, 0.25) is 0 Å². The number of piperazine rings is 1. The van der Waals surface area contributed by atoms with Gasteiger partial charge in [0.15, 0.2) is 5.65 Å². The molecule has 6 heteroatoms. The Morgan fingerprint density at radius 3 is 2.27 bits per heavy atom. The van der Waals surface area contributed by atoms with Gasteiger partial charge in [-0.2, -0.15) is 0 Å². The van der Waals surface area contributed by atoms with Gasteiger partial charge < -0.3 is 14.4 Å². The molecule has 0 atom stereocenters. The molecule has 1 aliphatic heterocycles. The first-order valence-corrected chi connectivity index (χ1v) is 13.1. The topological polar surface area (TPSA) is 37.2 Å². The fraction of sp³-hybridized carbons (Fsp3) is 0.226. The maximum atomic E-state index is 6.52. The van der Waals surface area contributed by atoms with E-state index >= 15 is 0 Å². The summed E-state index contributed by atoms with van der Waals surface area (Å²) in [6.45, 7) is 10.1. The lowest BCUT2D eigenvalue weighted by molar-refractivity contribution is 0.647. The summed E-state index contributed by atoms with van der Waals surface area (Å²) in [5.74, 6) is 0.987. The summed E-state index contributed by atoms with van der Waals surface area (Å²) in [6, 6.07) is 23.2. The van der Waals surface area contributed by atoms with Crippen molar-refractivity contribution < 1.29 is 0 Å². The van der Waals surface area contributed by atoms with Gasteiger partial charge >= 0.3 is 0 Å². The maximum absolute atomic E-state index is 6.52. The quantitative estimate of drug-likeness (QED) is 0.262. The van der Waals surface area contributed by atoms with Crippen molar-refractivity contribution in [1.82, 2.24) is 14.5 Å². The standard InChI is InChI=1S/C31H30ClN5/c1-21-8-7-11-28(23(21)3)35-14-16-36(17-15-35)30-29-26(24-9-5-4-6-10-24)19-37(31(29)34-20-33-30)25-13-12-22(2)27(32)18-25/h4-13,18-20H,14-17H2,1-3H3. The molecule has 2 aromatic heterocycles. The molecule has 3 heterocycles. The third kappa shape index (κ3) is 4.23. The fourth-order valence-electron chi connectivity index (χ4n) is 5.29. The summed E-state index contributed by atoms with van der Waals surface area (Å²) in [4.78, 5) is 14.5. The summed E-state index contributed by atoms with van der Waals surface area (Å²) in [5, 5.41) is 1.82. The monoisotopic (exact) mass is 507 g/mol. The lowest BCUT2D eigenvalue weighted by Gasteiger charge is -2.37. The first-order chi connectivity index (χ1) is 18.0. The molecule has 186 valence electrons. The lowest BCUT2D eigenvalue weighted by Crippen LogP contribution is -2.47. The van der Waals surface area contributed by atoms with Gasteiger partial charge in [-0.05, 0) is 61.2 Å². The Kier molecular flexibility index (Phi) is 6.09. The SMILES string of the molecule is Cc1ccc(-n2cc(-c3ccccc3)c3c(N4CCN(c5cccc(C)c5C)CC4)ncnc32)cc1Cl. The number of nitrogens with zero attached hydrogens (tertiary/aromatic N) is 5. The van der Waals surface area contributed by atoms with Crippen LogP contribution in [0.3, 0.4) is 0 Å². The van der Waals surface area contributed by atoms with E-state index < -0.39 is 0 Å². The van der Waals surface area contributed by atoms with Crippen molar-refractivity contribution in [2.45, 2.75) is 20.8 Å². The summed E-state index contributed by atoms with van der Waals surface area (Å²) in [6.07, 6.45) is 3.86. The highest BCUT2D eigenvalue weighted by molar-refractivity contribution is 6.31. The highest BCUT2D eigenvalue weighted by Crippen LogP contribution is 2.38. The highest BCUT2D eigenvalue weighted by Gasteiger charge is 2.25. The molecular weight excluding hydrogens is 478 g/mol. The second-order valence-corrected chi connectivity index (χ2v) is 10.2. The number of benzene rings is 3. The zero-order valence-electron chi connectivity index (χ0n) is 21.4. The molecule has 1 fully saturated rings. The highest BCUT2D eigenvalue weighted by atomic mass is 35.5. The molecule has 1 aliphatic rings. The van der Waals surface area contributed by atoms with Gasteiger partial charge in [0, 0.05) is 54.3 Å². The third-order valence-corrected chi connectivity index (χ3v) is 7.98. The van der Waals surface area contributed by atoms with Gasteiger partial charge in [0.05, 0.1) is 5.39 Å². The Labute approximate surface area is 223 Å². The second kappa shape index (κ2) is 9.56. The van der Waals surface area contributed by atoms with E-state index in [0.717, 1.165) is 70.4 Å². The Morgan fingerprint density at radius 2 is 1.51 bits per heavy atom. The van der Waals surface area contributed by atoms with Crippen LogP contribution in [0.1, 0.15) is 16.7 Å². The number of aromatic nitrogens is 3. The smallest absolute Gasteiger partial charge is 0.150 e. The van der Waals surface area contributed by atoms with E-state index in [2.05, 4.69) is 89.0 Å². The number of hydrogen-bond donors (Lipinski definition) is 0. The van der Waals surface area contributed by atoms with Crippen LogP contribution in [0.2, 0.25) is 5.02 Å². The molecule has 0 saturated carbocycles. The van der Waals surface area contributed by atoms with E-state index in [1.165, 1.54) is 16.8 Å². The molecule has 1 saturated heterocycles.